The molecule has 0 heterocycles. The molecule has 0 aliphatic heterocycles. The maximum atomic E-state index is 11.7. The number of hydrogen-bond donors (Lipinski definition) is 2. The highest BCUT2D eigenvalue weighted by atomic mass is 79.9. The molecule has 1 aromatic carbocycles. The second kappa shape index (κ2) is 7.13. The number of benzene rings is 1. The zero-order chi connectivity index (χ0) is 14.4. The lowest BCUT2D eigenvalue weighted by Crippen LogP contribution is -2.35. The molecule has 0 aliphatic carbocycles. The van der Waals surface area contributed by atoms with Gasteiger partial charge in [0, 0.05) is 16.2 Å². The Morgan fingerprint density at radius 2 is 2.16 bits per heavy atom. The first kappa shape index (κ1) is 15.5. The van der Waals surface area contributed by atoms with Crippen LogP contribution in [-0.4, -0.2) is 24.5 Å². The molecule has 0 fully saturated rings. The summed E-state index contributed by atoms with van der Waals surface area (Å²) in [7, 11) is 0. The van der Waals surface area contributed by atoms with Crippen LogP contribution in [0.15, 0.2) is 22.7 Å². The maximum Gasteiger partial charge on any atom is 0.338 e. The van der Waals surface area contributed by atoms with Crippen molar-refractivity contribution < 1.29 is 14.3 Å². The summed E-state index contributed by atoms with van der Waals surface area (Å²) >= 11 is 3.23. The van der Waals surface area contributed by atoms with Gasteiger partial charge in [-0.1, -0.05) is 6.92 Å². The summed E-state index contributed by atoms with van der Waals surface area (Å²) < 4.78 is 5.62. The van der Waals surface area contributed by atoms with E-state index in [0.29, 0.717) is 15.7 Å². The van der Waals surface area contributed by atoms with E-state index in [1.807, 2.05) is 13.8 Å². The predicted molar refractivity (Wildman–Crippen MR) is 76.7 cm³/mol. The largest absolute Gasteiger partial charge is 0.452 e. The number of carbonyl (C=O) groups is 2. The van der Waals surface area contributed by atoms with Gasteiger partial charge in [-0.2, -0.15) is 0 Å². The lowest BCUT2D eigenvalue weighted by molar-refractivity contribution is -0.124. The molecule has 1 amide bonds. The Balaban J connectivity index is 2.51. The van der Waals surface area contributed by atoms with Crippen LogP contribution in [0.25, 0.3) is 0 Å². The zero-order valence-corrected chi connectivity index (χ0v) is 12.5. The third kappa shape index (κ3) is 4.90. The Morgan fingerprint density at radius 1 is 1.47 bits per heavy atom. The summed E-state index contributed by atoms with van der Waals surface area (Å²) in [5.41, 5.74) is 6.42. The Hall–Kier alpha value is -1.56. The number of anilines is 1. The molecule has 0 aliphatic rings. The van der Waals surface area contributed by atoms with Crippen LogP contribution < -0.4 is 11.1 Å². The number of rotatable bonds is 5. The third-order valence-corrected chi connectivity index (χ3v) is 3.31. The van der Waals surface area contributed by atoms with E-state index in [0.717, 1.165) is 6.42 Å². The number of nitrogens with one attached hydrogen (secondary N) is 1. The Bertz CT molecular complexity index is 477. The molecule has 0 aromatic heterocycles. The average Bonchev–Trinajstić information content (AvgIpc) is 2.39. The van der Waals surface area contributed by atoms with E-state index < -0.39 is 5.97 Å². The van der Waals surface area contributed by atoms with E-state index in [-0.39, 0.29) is 18.6 Å². The minimum atomic E-state index is -0.571. The molecule has 0 saturated heterocycles. The van der Waals surface area contributed by atoms with E-state index in [9.17, 15) is 9.59 Å². The molecule has 1 unspecified atom stereocenters. The highest BCUT2D eigenvalue weighted by Crippen LogP contribution is 2.20. The van der Waals surface area contributed by atoms with Crippen molar-refractivity contribution in [3.8, 4) is 0 Å². The van der Waals surface area contributed by atoms with Gasteiger partial charge in [-0.15, -0.1) is 0 Å². The van der Waals surface area contributed by atoms with Crippen LogP contribution in [-0.2, 0) is 9.53 Å². The lowest BCUT2D eigenvalue weighted by atomic mass is 10.2. The number of nitrogens with two attached hydrogens (primary N) is 1. The van der Waals surface area contributed by atoms with Gasteiger partial charge in [0.25, 0.3) is 5.91 Å². The second-order valence-electron chi connectivity index (χ2n) is 4.19. The summed E-state index contributed by atoms with van der Waals surface area (Å²) in [5, 5.41) is 2.71. The van der Waals surface area contributed by atoms with Crippen LogP contribution in [0.2, 0.25) is 0 Å². The molecule has 0 spiro atoms. The summed E-state index contributed by atoms with van der Waals surface area (Å²) in [6.07, 6.45) is 0.822. The van der Waals surface area contributed by atoms with Crippen molar-refractivity contribution in [3.05, 3.63) is 28.2 Å². The van der Waals surface area contributed by atoms with Crippen molar-refractivity contribution >= 4 is 33.5 Å². The molecule has 3 N–H and O–H groups in total. The molecule has 0 radical (unpaired) electrons. The van der Waals surface area contributed by atoms with Gasteiger partial charge in [0.05, 0.1) is 5.56 Å². The Kier molecular flexibility index (Phi) is 5.82. The molecule has 0 saturated carbocycles. The van der Waals surface area contributed by atoms with Crippen LogP contribution in [0.1, 0.15) is 30.6 Å². The number of nitrogen functional groups attached to an aromatic ring is 1. The first-order chi connectivity index (χ1) is 8.93. The van der Waals surface area contributed by atoms with Gasteiger partial charge in [0.15, 0.2) is 6.61 Å². The fraction of sp³-hybridized carbons (Fsp3) is 0.385. The molecular weight excluding hydrogens is 312 g/mol. The summed E-state index contributed by atoms with van der Waals surface area (Å²) in [6.45, 7) is 3.55. The van der Waals surface area contributed by atoms with Gasteiger partial charge < -0.3 is 15.8 Å². The molecular formula is C13H17BrN2O3. The van der Waals surface area contributed by atoms with Crippen LogP contribution in [0.4, 0.5) is 5.69 Å². The molecule has 5 nitrogen and oxygen atoms in total. The van der Waals surface area contributed by atoms with Crippen LogP contribution in [0, 0.1) is 0 Å². The Labute approximate surface area is 120 Å². The van der Waals surface area contributed by atoms with Crippen molar-refractivity contribution in [1.29, 1.82) is 0 Å². The minimum absolute atomic E-state index is 0.0644. The minimum Gasteiger partial charge on any atom is -0.452 e. The topological polar surface area (TPSA) is 81.4 Å². The molecule has 1 rings (SSSR count). The number of hydrogen-bond acceptors (Lipinski definition) is 4. The van der Waals surface area contributed by atoms with Crippen molar-refractivity contribution in [1.82, 2.24) is 5.32 Å². The van der Waals surface area contributed by atoms with Crippen LogP contribution >= 0.6 is 15.9 Å². The Morgan fingerprint density at radius 3 is 2.74 bits per heavy atom. The van der Waals surface area contributed by atoms with E-state index in [1.165, 1.54) is 6.07 Å². The fourth-order valence-electron chi connectivity index (χ4n) is 1.30. The number of esters is 1. The van der Waals surface area contributed by atoms with Gasteiger partial charge in [-0.05, 0) is 47.5 Å². The normalized spacial score (nSPS) is 11.7. The quantitative estimate of drug-likeness (QED) is 0.640. The number of amides is 1. The van der Waals surface area contributed by atoms with Crippen LogP contribution in [0.5, 0.6) is 0 Å². The SMILES string of the molecule is CCC(C)NC(=O)COC(=O)c1ccc(Br)c(N)c1. The van der Waals surface area contributed by atoms with Crippen LogP contribution in [0.3, 0.4) is 0 Å². The molecule has 6 heteroatoms. The van der Waals surface area contributed by atoms with Crippen molar-refractivity contribution in [2.75, 3.05) is 12.3 Å². The molecule has 19 heavy (non-hydrogen) atoms. The van der Waals surface area contributed by atoms with Crippen molar-refractivity contribution in [2.45, 2.75) is 26.3 Å². The summed E-state index contributed by atoms with van der Waals surface area (Å²) in [4.78, 5) is 23.1. The molecule has 1 aromatic rings. The van der Waals surface area contributed by atoms with E-state index >= 15 is 0 Å². The van der Waals surface area contributed by atoms with E-state index in [1.54, 1.807) is 12.1 Å². The molecule has 0 bridgehead atoms. The predicted octanol–water partition coefficient (Wildman–Crippen LogP) is 2.10. The first-order valence-electron chi connectivity index (χ1n) is 5.95. The van der Waals surface area contributed by atoms with Gasteiger partial charge in [-0.3, -0.25) is 4.79 Å². The summed E-state index contributed by atoms with van der Waals surface area (Å²) in [6, 6.07) is 4.80. The highest BCUT2D eigenvalue weighted by molar-refractivity contribution is 9.10. The monoisotopic (exact) mass is 328 g/mol. The smallest absolute Gasteiger partial charge is 0.338 e. The van der Waals surface area contributed by atoms with Crippen molar-refractivity contribution in [3.63, 3.8) is 0 Å². The standard InChI is InChI=1S/C13H17BrN2O3/c1-3-8(2)16-12(17)7-19-13(18)9-4-5-10(14)11(15)6-9/h4-6,8H,3,7,15H2,1-2H3,(H,16,17). The van der Waals surface area contributed by atoms with Crippen molar-refractivity contribution in [2.24, 2.45) is 0 Å². The van der Waals surface area contributed by atoms with Gasteiger partial charge in [0.1, 0.15) is 0 Å². The zero-order valence-electron chi connectivity index (χ0n) is 10.9. The first-order valence-corrected chi connectivity index (χ1v) is 6.74. The van der Waals surface area contributed by atoms with E-state index in [4.69, 9.17) is 10.5 Å². The maximum absolute atomic E-state index is 11.7. The number of ether oxygens (including phenoxy) is 1. The number of carbonyl (C=O) groups excluding carboxylic acids is 2. The average molecular weight is 329 g/mol. The highest BCUT2D eigenvalue weighted by Gasteiger charge is 2.12. The lowest BCUT2D eigenvalue weighted by Gasteiger charge is -2.11. The summed E-state index contributed by atoms with van der Waals surface area (Å²) in [5.74, 6) is -0.883. The van der Waals surface area contributed by atoms with Gasteiger partial charge in [0.2, 0.25) is 0 Å². The molecule has 104 valence electrons. The molecule has 1 atom stereocenters. The second-order valence-corrected chi connectivity index (χ2v) is 5.04. The fourth-order valence-corrected chi connectivity index (χ4v) is 1.55. The third-order valence-electron chi connectivity index (χ3n) is 2.59. The van der Waals surface area contributed by atoms with E-state index in [2.05, 4.69) is 21.2 Å². The van der Waals surface area contributed by atoms with Gasteiger partial charge in [-0.25, -0.2) is 4.79 Å². The van der Waals surface area contributed by atoms with Gasteiger partial charge >= 0.3 is 5.97 Å². The number of halogens is 1.